The number of carbonyl (C=O) groups excluding carboxylic acids is 1. The van der Waals surface area contributed by atoms with Crippen molar-refractivity contribution in [2.24, 2.45) is 0 Å². The van der Waals surface area contributed by atoms with E-state index < -0.39 is 12.0 Å². The number of nitrogens with zero attached hydrogens (tertiary/aromatic N) is 1. The van der Waals surface area contributed by atoms with E-state index in [0.717, 1.165) is 16.0 Å². The number of hydrogen-bond donors (Lipinski definition) is 2. The first kappa shape index (κ1) is 21.4. The molecule has 1 amide bonds. The number of amides is 1. The predicted octanol–water partition coefficient (Wildman–Crippen LogP) is 3.72. The summed E-state index contributed by atoms with van der Waals surface area (Å²) in [5, 5.41) is 21.8. The molecule has 0 saturated heterocycles. The molecule has 0 radical (unpaired) electrons. The molecule has 30 heavy (non-hydrogen) atoms. The van der Waals surface area contributed by atoms with Crippen molar-refractivity contribution >= 4 is 17.2 Å². The van der Waals surface area contributed by atoms with Gasteiger partial charge >= 0.3 is 0 Å². The maximum Gasteiger partial charge on any atom is 0.254 e. The Balaban J connectivity index is 1.54. The molecule has 0 saturated carbocycles. The first-order chi connectivity index (χ1) is 14.6. The molecule has 1 heterocycles. The smallest absolute Gasteiger partial charge is 0.254 e. The van der Waals surface area contributed by atoms with Crippen LogP contribution in [0.4, 0.5) is 0 Å². The number of aliphatic hydroxyl groups excluding tert-OH is 1. The van der Waals surface area contributed by atoms with Crippen LogP contribution in [-0.2, 0) is 11.2 Å². The van der Waals surface area contributed by atoms with E-state index in [9.17, 15) is 9.90 Å². The van der Waals surface area contributed by atoms with E-state index in [1.54, 1.807) is 18.2 Å². The van der Waals surface area contributed by atoms with Gasteiger partial charge in [-0.1, -0.05) is 36.4 Å². The average molecular weight is 423 g/mol. The number of aliphatic hydroxyl groups is 1. The second-order valence-electron chi connectivity index (χ2n) is 6.44. The minimum Gasteiger partial charge on any atom is -0.493 e. The summed E-state index contributed by atoms with van der Waals surface area (Å²) in [4.78, 5) is 14.0. The van der Waals surface area contributed by atoms with E-state index >= 15 is 0 Å². The molecule has 2 N–H and O–H groups in total. The molecule has 1 aromatic heterocycles. The van der Waals surface area contributed by atoms with Gasteiger partial charge in [-0.3, -0.25) is 4.79 Å². The van der Waals surface area contributed by atoms with Crippen molar-refractivity contribution in [2.45, 2.75) is 12.5 Å². The van der Waals surface area contributed by atoms with Gasteiger partial charge in [0.2, 0.25) is 0 Å². The zero-order valence-electron chi connectivity index (χ0n) is 16.5. The third-order valence-corrected chi connectivity index (χ3v) is 5.62. The molecule has 0 spiro atoms. The largest absolute Gasteiger partial charge is 0.493 e. The van der Waals surface area contributed by atoms with Crippen LogP contribution < -0.4 is 14.8 Å². The van der Waals surface area contributed by atoms with Gasteiger partial charge in [0.1, 0.15) is 6.07 Å². The SMILES string of the molecule is COc1cc(CCNC(=O)C(O)c2ccc(-c3ccccc3)s2)ccc1OCC#N. The van der Waals surface area contributed by atoms with Crippen LogP contribution in [0.25, 0.3) is 10.4 Å². The molecular formula is C23H22N2O4S. The van der Waals surface area contributed by atoms with Crippen LogP contribution in [0, 0.1) is 11.3 Å². The molecular weight excluding hydrogens is 400 g/mol. The predicted molar refractivity (Wildman–Crippen MR) is 116 cm³/mol. The van der Waals surface area contributed by atoms with Gasteiger partial charge in [0, 0.05) is 16.3 Å². The lowest BCUT2D eigenvalue weighted by Crippen LogP contribution is -2.30. The van der Waals surface area contributed by atoms with Crippen LogP contribution in [0.1, 0.15) is 16.5 Å². The zero-order chi connectivity index (χ0) is 21.3. The molecule has 0 fully saturated rings. The standard InChI is InChI=1S/C23H22N2O4S/c1-28-19-15-16(7-8-18(19)29-14-12-24)11-13-25-23(27)22(26)21-10-9-20(30-21)17-5-3-2-4-6-17/h2-10,15,22,26H,11,13-14H2,1H3,(H,25,27). The Morgan fingerprint density at radius 2 is 1.97 bits per heavy atom. The molecule has 0 aliphatic carbocycles. The topological polar surface area (TPSA) is 91.6 Å². The minimum absolute atomic E-state index is 0.0572. The molecule has 1 unspecified atom stereocenters. The number of rotatable bonds is 9. The summed E-state index contributed by atoms with van der Waals surface area (Å²) in [5.41, 5.74) is 1.99. The van der Waals surface area contributed by atoms with Gasteiger partial charge in [-0.2, -0.15) is 5.26 Å². The summed E-state index contributed by atoms with van der Waals surface area (Å²) in [6, 6.07) is 20.8. The maximum absolute atomic E-state index is 12.3. The van der Waals surface area contributed by atoms with Crippen LogP contribution in [0.2, 0.25) is 0 Å². The lowest BCUT2D eigenvalue weighted by molar-refractivity contribution is -0.129. The summed E-state index contributed by atoms with van der Waals surface area (Å²) in [6.45, 7) is 0.312. The number of methoxy groups -OCH3 is 1. The molecule has 1 atom stereocenters. The normalized spacial score (nSPS) is 11.4. The highest BCUT2D eigenvalue weighted by molar-refractivity contribution is 7.15. The van der Waals surface area contributed by atoms with Gasteiger partial charge in [0.05, 0.1) is 7.11 Å². The summed E-state index contributed by atoms with van der Waals surface area (Å²) >= 11 is 1.40. The maximum atomic E-state index is 12.3. The number of nitrogens with one attached hydrogen (secondary N) is 1. The second-order valence-corrected chi connectivity index (χ2v) is 7.56. The van der Waals surface area contributed by atoms with Crippen LogP contribution >= 0.6 is 11.3 Å². The number of nitriles is 1. The molecule has 3 rings (SSSR count). The van der Waals surface area contributed by atoms with Crippen molar-refractivity contribution in [1.29, 1.82) is 5.26 Å². The van der Waals surface area contributed by atoms with E-state index in [0.29, 0.717) is 29.3 Å². The molecule has 154 valence electrons. The Morgan fingerprint density at radius 3 is 2.70 bits per heavy atom. The van der Waals surface area contributed by atoms with Gasteiger partial charge in [-0.15, -0.1) is 11.3 Å². The number of carbonyl (C=O) groups is 1. The van der Waals surface area contributed by atoms with Crippen molar-refractivity contribution in [2.75, 3.05) is 20.3 Å². The third kappa shape index (κ3) is 5.38. The molecule has 3 aromatic rings. The fraction of sp³-hybridized carbons (Fsp3) is 0.217. The summed E-state index contributed by atoms with van der Waals surface area (Å²) in [7, 11) is 1.53. The summed E-state index contributed by atoms with van der Waals surface area (Å²) in [6.07, 6.45) is -0.642. The van der Waals surface area contributed by atoms with Gasteiger partial charge in [0.15, 0.2) is 24.2 Å². The van der Waals surface area contributed by atoms with E-state index in [2.05, 4.69) is 5.32 Å². The number of thiophene rings is 1. The average Bonchev–Trinajstić information content (AvgIpc) is 3.28. The third-order valence-electron chi connectivity index (χ3n) is 4.44. The Bertz CT molecular complexity index is 1030. The van der Waals surface area contributed by atoms with Gasteiger partial charge in [-0.25, -0.2) is 0 Å². The minimum atomic E-state index is -1.20. The number of benzene rings is 2. The first-order valence-corrected chi connectivity index (χ1v) is 10.2. The van der Waals surface area contributed by atoms with Crippen molar-refractivity contribution in [3.05, 3.63) is 71.1 Å². The Labute approximate surface area is 179 Å². The highest BCUT2D eigenvalue weighted by Gasteiger charge is 2.19. The zero-order valence-corrected chi connectivity index (χ0v) is 17.3. The number of hydrogen-bond acceptors (Lipinski definition) is 6. The number of ether oxygens (including phenoxy) is 2. The van der Waals surface area contributed by atoms with Crippen LogP contribution in [-0.4, -0.2) is 31.3 Å². The molecule has 0 aliphatic heterocycles. The highest BCUT2D eigenvalue weighted by atomic mass is 32.1. The fourth-order valence-corrected chi connectivity index (χ4v) is 3.91. The molecule has 6 nitrogen and oxygen atoms in total. The van der Waals surface area contributed by atoms with Crippen LogP contribution in [0.5, 0.6) is 11.5 Å². The first-order valence-electron chi connectivity index (χ1n) is 9.40. The Hall–Kier alpha value is -3.34. The lowest BCUT2D eigenvalue weighted by Gasteiger charge is -2.12. The highest BCUT2D eigenvalue weighted by Crippen LogP contribution is 2.31. The van der Waals surface area contributed by atoms with Gasteiger partial charge in [-0.05, 0) is 41.8 Å². The Kier molecular flexibility index (Phi) is 7.44. The Morgan fingerprint density at radius 1 is 1.17 bits per heavy atom. The lowest BCUT2D eigenvalue weighted by atomic mass is 10.1. The van der Waals surface area contributed by atoms with Crippen molar-refractivity contribution in [1.82, 2.24) is 5.32 Å². The quantitative estimate of drug-likeness (QED) is 0.548. The molecule has 0 aliphatic rings. The molecule has 0 bridgehead atoms. The fourth-order valence-electron chi connectivity index (χ4n) is 2.91. The second kappa shape index (κ2) is 10.4. The molecule has 2 aromatic carbocycles. The van der Waals surface area contributed by atoms with E-state index in [4.69, 9.17) is 14.7 Å². The van der Waals surface area contributed by atoms with E-state index in [-0.39, 0.29) is 6.61 Å². The van der Waals surface area contributed by atoms with Crippen molar-refractivity contribution in [3.63, 3.8) is 0 Å². The van der Waals surface area contributed by atoms with Crippen LogP contribution in [0.15, 0.2) is 60.7 Å². The van der Waals surface area contributed by atoms with Crippen LogP contribution in [0.3, 0.4) is 0 Å². The van der Waals surface area contributed by atoms with Crippen molar-refractivity contribution < 1.29 is 19.4 Å². The summed E-state index contributed by atoms with van der Waals surface area (Å²) < 4.78 is 10.6. The van der Waals surface area contributed by atoms with E-state index in [1.807, 2.05) is 48.5 Å². The van der Waals surface area contributed by atoms with Gasteiger partial charge < -0.3 is 19.9 Å². The monoisotopic (exact) mass is 422 g/mol. The van der Waals surface area contributed by atoms with E-state index in [1.165, 1.54) is 18.4 Å². The molecule has 7 heteroatoms. The summed E-state index contributed by atoms with van der Waals surface area (Å²) in [5.74, 6) is 0.590. The van der Waals surface area contributed by atoms with Crippen molar-refractivity contribution in [3.8, 4) is 28.0 Å². The van der Waals surface area contributed by atoms with Gasteiger partial charge in [0.25, 0.3) is 5.91 Å².